The number of ether oxygens (including phenoxy) is 1. The van der Waals surface area contributed by atoms with E-state index in [-0.39, 0.29) is 11.3 Å². The zero-order chi connectivity index (χ0) is 10.8. The highest BCUT2D eigenvalue weighted by Crippen LogP contribution is 2.25. The summed E-state index contributed by atoms with van der Waals surface area (Å²) < 4.78 is 39.0. The molecule has 1 aromatic rings. The van der Waals surface area contributed by atoms with Crippen LogP contribution in [0, 0.1) is 0 Å². The molecule has 1 atom stereocenters. The van der Waals surface area contributed by atoms with Crippen LogP contribution in [0.15, 0.2) is 24.3 Å². The molecule has 0 bridgehead atoms. The van der Waals surface area contributed by atoms with Crippen LogP contribution in [0.1, 0.15) is 18.6 Å². The highest BCUT2D eigenvalue weighted by atomic mass is 19.4. The number of alkyl halides is 3. The monoisotopic (exact) mass is 205 g/mol. The van der Waals surface area contributed by atoms with E-state index < -0.39 is 12.5 Å². The summed E-state index contributed by atoms with van der Waals surface area (Å²) in [6.07, 6.45) is -5.78. The highest BCUT2D eigenvalue weighted by Gasteiger charge is 2.31. The SMILES string of the molecule is CC([O])c1cccc(OC(F)(F)F)c1. The van der Waals surface area contributed by atoms with E-state index in [1.165, 1.54) is 19.1 Å². The Hall–Kier alpha value is -1.23. The summed E-state index contributed by atoms with van der Waals surface area (Å²) in [4.78, 5) is 0. The van der Waals surface area contributed by atoms with Gasteiger partial charge in [0.15, 0.2) is 0 Å². The van der Waals surface area contributed by atoms with Crippen molar-refractivity contribution in [2.24, 2.45) is 0 Å². The standard InChI is InChI=1S/C9H8F3O2/c1-6(13)7-3-2-4-8(5-7)14-9(10,11)12/h2-6H,1H3. The molecular formula is C9H8F3O2. The van der Waals surface area contributed by atoms with Crippen LogP contribution in [0.25, 0.3) is 0 Å². The fraction of sp³-hybridized carbons (Fsp3) is 0.333. The third kappa shape index (κ3) is 3.26. The first-order valence-electron chi connectivity index (χ1n) is 3.90. The molecule has 0 spiro atoms. The first-order valence-corrected chi connectivity index (χ1v) is 3.90. The number of hydrogen-bond acceptors (Lipinski definition) is 1. The minimum Gasteiger partial charge on any atom is -0.406 e. The molecule has 0 N–H and O–H groups in total. The van der Waals surface area contributed by atoms with Crippen LogP contribution in [0.4, 0.5) is 13.2 Å². The lowest BCUT2D eigenvalue weighted by atomic mass is 10.1. The van der Waals surface area contributed by atoms with Crippen LogP contribution >= 0.6 is 0 Å². The van der Waals surface area contributed by atoms with Crippen molar-refractivity contribution in [3.63, 3.8) is 0 Å². The number of benzene rings is 1. The van der Waals surface area contributed by atoms with Gasteiger partial charge >= 0.3 is 6.36 Å². The molecule has 1 unspecified atom stereocenters. The van der Waals surface area contributed by atoms with E-state index in [9.17, 15) is 18.3 Å². The van der Waals surface area contributed by atoms with E-state index in [1.54, 1.807) is 0 Å². The maximum Gasteiger partial charge on any atom is 0.573 e. The van der Waals surface area contributed by atoms with E-state index in [0.29, 0.717) is 0 Å². The van der Waals surface area contributed by atoms with Gasteiger partial charge in [-0.1, -0.05) is 12.1 Å². The Kier molecular flexibility index (Phi) is 3.00. The quantitative estimate of drug-likeness (QED) is 0.729. The van der Waals surface area contributed by atoms with Crippen molar-refractivity contribution in [2.45, 2.75) is 19.4 Å². The smallest absolute Gasteiger partial charge is 0.406 e. The van der Waals surface area contributed by atoms with Crippen molar-refractivity contribution in [2.75, 3.05) is 0 Å². The first-order chi connectivity index (χ1) is 6.38. The zero-order valence-electron chi connectivity index (χ0n) is 7.34. The van der Waals surface area contributed by atoms with Gasteiger partial charge in [-0.25, -0.2) is 5.11 Å². The molecule has 2 nitrogen and oxygen atoms in total. The fourth-order valence-corrected chi connectivity index (χ4v) is 0.965. The number of halogens is 3. The van der Waals surface area contributed by atoms with Crippen LogP contribution in [0.2, 0.25) is 0 Å². The lowest BCUT2D eigenvalue weighted by Crippen LogP contribution is -2.17. The van der Waals surface area contributed by atoms with Crippen LogP contribution in [-0.2, 0) is 5.11 Å². The summed E-state index contributed by atoms with van der Waals surface area (Å²) in [6, 6.07) is 5.05. The molecule has 1 aromatic carbocycles. The van der Waals surface area contributed by atoms with E-state index >= 15 is 0 Å². The minimum atomic E-state index is -4.72. The molecule has 14 heavy (non-hydrogen) atoms. The Labute approximate surface area is 78.9 Å². The average molecular weight is 205 g/mol. The molecular weight excluding hydrogens is 197 g/mol. The van der Waals surface area contributed by atoms with E-state index in [0.717, 1.165) is 12.1 Å². The molecule has 1 radical (unpaired) electrons. The van der Waals surface area contributed by atoms with Gasteiger partial charge in [-0.2, -0.15) is 0 Å². The Morgan fingerprint density at radius 1 is 1.36 bits per heavy atom. The van der Waals surface area contributed by atoms with Crippen molar-refractivity contribution in [1.29, 1.82) is 0 Å². The topological polar surface area (TPSA) is 29.1 Å². The van der Waals surface area contributed by atoms with E-state index in [2.05, 4.69) is 4.74 Å². The Bertz CT molecular complexity index is 307. The molecule has 0 aromatic heterocycles. The van der Waals surface area contributed by atoms with Gasteiger partial charge in [-0.3, -0.25) is 0 Å². The van der Waals surface area contributed by atoms with Gasteiger partial charge in [-0.15, -0.1) is 13.2 Å². The molecule has 0 aliphatic carbocycles. The predicted molar refractivity (Wildman–Crippen MR) is 42.2 cm³/mol. The van der Waals surface area contributed by atoms with E-state index in [1.807, 2.05) is 0 Å². The predicted octanol–water partition coefficient (Wildman–Crippen LogP) is 3.08. The molecule has 5 heteroatoms. The third-order valence-electron chi connectivity index (χ3n) is 1.56. The molecule has 77 valence electrons. The van der Waals surface area contributed by atoms with Crippen LogP contribution in [0.3, 0.4) is 0 Å². The Morgan fingerprint density at radius 2 is 2.00 bits per heavy atom. The summed E-state index contributed by atoms with van der Waals surface area (Å²) in [6.45, 7) is 1.35. The Balaban J connectivity index is 2.84. The largest absolute Gasteiger partial charge is 0.573 e. The lowest BCUT2D eigenvalue weighted by Gasteiger charge is -2.10. The molecule has 1 rings (SSSR count). The summed E-state index contributed by atoms with van der Waals surface area (Å²) in [5.41, 5.74) is 0.270. The maximum atomic E-state index is 11.8. The van der Waals surface area contributed by atoms with Gasteiger partial charge in [0.1, 0.15) is 11.9 Å². The van der Waals surface area contributed by atoms with Crippen LogP contribution in [0.5, 0.6) is 5.75 Å². The molecule has 0 heterocycles. The molecule has 0 aliphatic heterocycles. The van der Waals surface area contributed by atoms with Crippen molar-refractivity contribution >= 4 is 0 Å². The van der Waals surface area contributed by atoms with Gasteiger partial charge in [0, 0.05) is 0 Å². The molecule has 0 amide bonds. The molecule has 0 saturated carbocycles. The van der Waals surface area contributed by atoms with Crippen LogP contribution in [-0.4, -0.2) is 6.36 Å². The summed E-state index contributed by atoms with van der Waals surface area (Å²) in [5.74, 6) is -0.363. The third-order valence-corrected chi connectivity index (χ3v) is 1.56. The van der Waals surface area contributed by atoms with Gasteiger partial charge in [0.2, 0.25) is 0 Å². The second kappa shape index (κ2) is 3.88. The van der Waals surface area contributed by atoms with Crippen molar-refractivity contribution in [3.8, 4) is 5.75 Å². The van der Waals surface area contributed by atoms with Crippen LogP contribution < -0.4 is 4.74 Å². The van der Waals surface area contributed by atoms with Crippen molar-refractivity contribution in [3.05, 3.63) is 29.8 Å². The normalized spacial score (nSPS) is 13.8. The number of hydrogen-bond donors (Lipinski definition) is 0. The summed E-state index contributed by atoms with van der Waals surface area (Å²) in [7, 11) is 0. The maximum absolute atomic E-state index is 11.8. The lowest BCUT2D eigenvalue weighted by molar-refractivity contribution is -0.274. The number of rotatable bonds is 2. The molecule has 0 saturated heterocycles. The average Bonchev–Trinajstić information content (AvgIpc) is 2.01. The van der Waals surface area contributed by atoms with Gasteiger partial charge in [-0.05, 0) is 24.6 Å². The first kappa shape index (κ1) is 10.8. The highest BCUT2D eigenvalue weighted by molar-refractivity contribution is 5.29. The van der Waals surface area contributed by atoms with Crippen molar-refractivity contribution in [1.82, 2.24) is 0 Å². The minimum absolute atomic E-state index is 0.270. The Morgan fingerprint density at radius 3 is 2.50 bits per heavy atom. The molecule has 0 fully saturated rings. The summed E-state index contributed by atoms with van der Waals surface area (Å²) in [5, 5.41) is 10.9. The van der Waals surface area contributed by atoms with Gasteiger partial charge in [0.25, 0.3) is 0 Å². The van der Waals surface area contributed by atoms with E-state index in [4.69, 9.17) is 0 Å². The molecule has 0 aliphatic rings. The van der Waals surface area contributed by atoms with Crippen molar-refractivity contribution < 1.29 is 23.0 Å². The zero-order valence-corrected chi connectivity index (χ0v) is 7.34. The fourth-order valence-electron chi connectivity index (χ4n) is 0.965. The van der Waals surface area contributed by atoms with Gasteiger partial charge in [0.05, 0.1) is 0 Å². The summed E-state index contributed by atoms with van der Waals surface area (Å²) >= 11 is 0. The second-order valence-electron chi connectivity index (χ2n) is 2.76. The van der Waals surface area contributed by atoms with Gasteiger partial charge < -0.3 is 4.74 Å². The second-order valence-corrected chi connectivity index (χ2v) is 2.76.